The topological polar surface area (TPSA) is 98.5 Å². The van der Waals surface area contributed by atoms with Gasteiger partial charge in [-0.3, -0.25) is 4.79 Å². The molecular weight excluding hydrogens is 319 g/mol. The van der Waals surface area contributed by atoms with Crippen LogP contribution < -0.4 is 10.9 Å². The Morgan fingerprint density at radius 1 is 1.41 bits per heavy atom. The standard InChI is InChI=1S/C13H18F3N3O2S/c1-3-8(2)11(17)12(20)19-22(18,21)10-6-4-5-9(7-10)13(14,15)16/h4-8,11H,3,17H2,1-2H3,(H2,18,19,20,21)/t8-,11-,22?/m0/s1. The first-order chi connectivity index (χ1) is 9.99. The lowest BCUT2D eigenvalue weighted by Crippen LogP contribution is -2.36. The lowest BCUT2D eigenvalue weighted by molar-refractivity contribution is -0.137. The smallest absolute Gasteiger partial charge is 0.320 e. The molecule has 0 aliphatic carbocycles. The molecule has 0 saturated heterocycles. The molecule has 4 N–H and O–H groups in total. The van der Waals surface area contributed by atoms with E-state index in [4.69, 9.17) is 10.9 Å². The van der Waals surface area contributed by atoms with Gasteiger partial charge in [0.15, 0.2) is 0 Å². The molecule has 1 amide bonds. The number of amides is 1. The molecule has 9 heteroatoms. The summed E-state index contributed by atoms with van der Waals surface area (Å²) in [5.74, 6) is -1.10. The van der Waals surface area contributed by atoms with Crippen LogP contribution in [0.3, 0.4) is 0 Å². The molecular formula is C13H18F3N3O2S. The highest BCUT2D eigenvalue weighted by molar-refractivity contribution is 7.91. The SMILES string of the molecule is CC[C@H](C)[C@H](N)C(=O)N=S(N)(=O)c1cccc(C(F)(F)F)c1. The summed E-state index contributed by atoms with van der Waals surface area (Å²) >= 11 is 0. The van der Waals surface area contributed by atoms with Gasteiger partial charge >= 0.3 is 6.18 Å². The maximum absolute atomic E-state index is 12.6. The van der Waals surface area contributed by atoms with Gasteiger partial charge in [0.25, 0.3) is 5.91 Å². The number of benzene rings is 1. The molecule has 3 atom stereocenters. The van der Waals surface area contributed by atoms with Gasteiger partial charge in [-0.1, -0.05) is 26.3 Å². The van der Waals surface area contributed by atoms with Crippen LogP contribution in [0, 0.1) is 5.92 Å². The minimum Gasteiger partial charge on any atom is -0.320 e. The summed E-state index contributed by atoms with van der Waals surface area (Å²) in [7, 11) is -3.78. The fourth-order valence-corrected chi connectivity index (χ4v) is 2.66. The molecule has 0 bridgehead atoms. The molecule has 1 aromatic rings. The second-order valence-electron chi connectivity index (χ2n) is 4.94. The minimum absolute atomic E-state index is 0.215. The molecule has 1 aromatic carbocycles. The van der Waals surface area contributed by atoms with E-state index in [-0.39, 0.29) is 10.8 Å². The minimum atomic E-state index is -4.61. The number of nitrogens with zero attached hydrogens (tertiary/aromatic N) is 1. The van der Waals surface area contributed by atoms with Crippen LogP contribution in [0.5, 0.6) is 0 Å². The Labute approximate surface area is 127 Å². The molecule has 0 saturated carbocycles. The van der Waals surface area contributed by atoms with Crippen LogP contribution in [0.4, 0.5) is 13.2 Å². The third-order valence-electron chi connectivity index (χ3n) is 3.27. The summed E-state index contributed by atoms with van der Waals surface area (Å²) in [6.45, 7) is 3.52. The Hall–Kier alpha value is -1.45. The number of carbonyl (C=O) groups excluding carboxylic acids is 1. The van der Waals surface area contributed by atoms with Crippen molar-refractivity contribution in [2.24, 2.45) is 21.2 Å². The van der Waals surface area contributed by atoms with Gasteiger partial charge in [-0.15, -0.1) is 4.36 Å². The van der Waals surface area contributed by atoms with Gasteiger partial charge in [-0.2, -0.15) is 13.2 Å². The Morgan fingerprint density at radius 3 is 2.50 bits per heavy atom. The highest BCUT2D eigenvalue weighted by atomic mass is 32.2. The van der Waals surface area contributed by atoms with E-state index in [1.807, 2.05) is 6.92 Å². The summed E-state index contributed by atoms with van der Waals surface area (Å²) in [5.41, 5.74) is 4.63. The number of nitrogens with two attached hydrogens (primary N) is 2. The predicted molar refractivity (Wildman–Crippen MR) is 76.9 cm³/mol. The van der Waals surface area contributed by atoms with Gasteiger partial charge in [0.2, 0.25) is 0 Å². The average molecular weight is 337 g/mol. The fraction of sp³-hybridized carbons (Fsp3) is 0.462. The first kappa shape index (κ1) is 18.6. The van der Waals surface area contributed by atoms with Crippen molar-refractivity contribution in [1.82, 2.24) is 0 Å². The van der Waals surface area contributed by atoms with Crippen molar-refractivity contribution in [1.29, 1.82) is 0 Å². The maximum atomic E-state index is 12.6. The predicted octanol–water partition coefficient (Wildman–Crippen LogP) is 2.31. The van der Waals surface area contributed by atoms with E-state index in [0.717, 1.165) is 18.2 Å². The second kappa shape index (κ2) is 6.76. The highest BCUT2D eigenvalue weighted by Crippen LogP contribution is 2.30. The van der Waals surface area contributed by atoms with Crippen LogP contribution in [-0.4, -0.2) is 16.2 Å². The molecule has 0 radical (unpaired) electrons. The van der Waals surface area contributed by atoms with Crippen molar-refractivity contribution >= 4 is 15.8 Å². The van der Waals surface area contributed by atoms with Gasteiger partial charge in [0.1, 0.15) is 9.92 Å². The molecule has 22 heavy (non-hydrogen) atoms. The van der Waals surface area contributed by atoms with E-state index in [1.165, 1.54) is 0 Å². The van der Waals surface area contributed by atoms with E-state index < -0.39 is 33.6 Å². The first-order valence-electron chi connectivity index (χ1n) is 6.50. The third kappa shape index (κ3) is 4.52. The Morgan fingerprint density at radius 2 is 2.00 bits per heavy atom. The zero-order valence-corrected chi connectivity index (χ0v) is 12.9. The molecule has 1 unspecified atom stereocenters. The van der Waals surface area contributed by atoms with Crippen molar-refractivity contribution in [2.45, 2.75) is 37.4 Å². The van der Waals surface area contributed by atoms with Crippen LogP contribution in [0.2, 0.25) is 0 Å². The monoisotopic (exact) mass is 337 g/mol. The van der Waals surface area contributed by atoms with Crippen molar-refractivity contribution < 1.29 is 22.2 Å². The lowest BCUT2D eigenvalue weighted by Gasteiger charge is -2.15. The van der Waals surface area contributed by atoms with E-state index >= 15 is 0 Å². The zero-order chi connectivity index (χ0) is 17.1. The van der Waals surface area contributed by atoms with Gasteiger partial charge in [0.05, 0.1) is 16.5 Å². The summed E-state index contributed by atoms with van der Waals surface area (Å²) in [6, 6.07) is 2.61. The largest absolute Gasteiger partial charge is 0.416 e. The summed E-state index contributed by atoms with van der Waals surface area (Å²) < 4.78 is 53.5. The normalized spacial score (nSPS) is 17.4. The summed E-state index contributed by atoms with van der Waals surface area (Å²) in [4.78, 5) is 11.5. The van der Waals surface area contributed by atoms with Crippen LogP contribution in [0.15, 0.2) is 33.5 Å². The third-order valence-corrected chi connectivity index (χ3v) is 4.65. The van der Waals surface area contributed by atoms with Gasteiger partial charge < -0.3 is 5.73 Å². The van der Waals surface area contributed by atoms with E-state index in [1.54, 1.807) is 6.92 Å². The van der Waals surface area contributed by atoms with Crippen molar-refractivity contribution in [3.05, 3.63) is 29.8 Å². The molecule has 0 aromatic heterocycles. The quantitative estimate of drug-likeness (QED) is 0.882. The molecule has 0 heterocycles. The fourth-order valence-electron chi connectivity index (χ4n) is 1.60. The summed E-state index contributed by atoms with van der Waals surface area (Å²) in [6.07, 6.45) is -4.01. The van der Waals surface area contributed by atoms with Crippen LogP contribution in [0.1, 0.15) is 25.8 Å². The number of halogens is 3. The molecule has 124 valence electrons. The van der Waals surface area contributed by atoms with Gasteiger partial charge in [-0.25, -0.2) is 9.35 Å². The highest BCUT2D eigenvalue weighted by Gasteiger charge is 2.31. The Bertz CT molecular complexity index is 667. The second-order valence-corrected chi connectivity index (χ2v) is 6.73. The van der Waals surface area contributed by atoms with Crippen LogP contribution >= 0.6 is 0 Å². The van der Waals surface area contributed by atoms with Crippen LogP contribution in [-0.2, 0) is 20.9 Å². The molecule has 0 spiro atoms. The number of rotatable bonds is 4. The number of hydrogen-bond donors (Lipinski definition) is 2. The Kier molecular flexibility index (Phi) is 5.71. The van der Waals surface area contributed by atoms with Crippen molar-refractivity contribution in [3.8, 4) is 0 Å². The van der Waals surface area contributed by atoms with Crippen molar-refractivity contribution in [3.63, 3.8) is 0 Å². The molecule has 0 aliphatic heterocycles. The molecule has 1 rings (SSSR count). The zero-order valence-electron chi connectivity index (χ0n) is 12.1. The van der Waals surface area contributed by atoms with Gasteiger partial charge in [0, 0.05) is 0 Å². The van der Waals surface area contributed by atoms with E-state index in [9.17, 15) is 22.2 Å². The van der Waals surface area contributed by atoms with Crippen molar-refractivity contribution in [2.75, 3.05) is 0 Å². The lowest BCUT2D eigenvalue weighted by atomic mass is 10.00. The molecule has 5 nitrogen and oxygen atoms in total. The first-order valence-corrected chi connectivity index (χ1v) is 8.08. The van der Waals surface area contributed by atoms with E-state index in [0.29, 0.717) is 12.5 Å². The Balaban J connectivity index is 3.22. The number of alkyl halides is 3. The number of carbonyl (C=O) groups is 1. The van der Waals surface area contributed by atoms with Gasteiger partial charge in [-0.05, 0) is 24.1 Å². The average Bonchev–Trinajstić information content (AvgIpc) is 2.44. The van der Waals surface area contributed by atoms with E-state index in [2.05, 4.69) is 4.36 Å². The number of hydrogen-bond acceptors (Lipinski definition) is 3. The van der Waals surface area contributed by atoms with Crippen LogP contribution in [0.25, 0.3) is 0 Å². The summed E-state index contributed by atoms with van der Waals surface area (Å²) in [5, 5.41) is 5.45. The molecule has 0 fully saturated rings. The molecule has 0 aliphatic rings. The maximum Gasteiger partial charge on any atom is 0.416 e.